The molecule has 0 aliphatic heterocycles. The van der Waals surface area contributed by atoms with E-state index in [1.54, 1.807) is 37.4 Å². The van der Waals surface area contributed by atoms with Crippen LogP contribution >= 0.6 is 0 Å². The second kappa shape index (κ2) is 9.34. The van der Waals surface area contributed by atoms with Crippen LogP contribution < -0.4 is 14.8 Å². The molecule has 0 aliphatic carbocycles. The Labute approximate surface area is 202 Å². The predicted octanol–water partition coefficient (Wildman–Crippen LogP) is 4.98. The molecule has 0 spiro atoms. The number of hydrogen-bond acceptors (Lipinski definition) is 5. The summed E-state index contributed by atoms with van der Waals surface area (Å²) in [5.41, 5.74) is 5.66. The largest absolute Gasteiger partial charge is 0.493 e. The maximum absolute atomic E-state index is 12.9. The zero-order chi connectivity index (χ0) is 24.4. The van der Waals surface area contributed by atoms with Gasteiger partial charge in [-0.1, -0.05) is 6.07 Å². The van der Waals surface area contributed by atoms with E-state index in [0.717, 1.165) is 28.4 Å². The number of methoxy groups -OCH3 is 1. The van der Waals surface area contributed by atoms with Crippen molar-refractivity contribution in [3.05, 3.63) is 102 Å². The lowest BCUT2D eigenvalue weighted by molar-refractivity contribution is 0.102. The fourth-order valence-corrected chi connectivity index (χ4v) is 3.92. The maximum Gasteiger partial charge on any atom is 0.255 e. The smallest absolute Gasteiger partial charge is 0.255 e. The van der Waals surface area contributed by atoms with Crippen molar-refractivity contribution in [2.24, 2.45) is 0 Å². The number of imidazole rings is 1. The van der Waals surface area contributed by atoms with Crippen molar-refractivity contribution in [2.75, 3.05) is 12.4 Å². The highest BCUT2D eigenvalue weighted by Crippen LogP contribution is 2.31. The molecule has 35 heavy (non-hydrogen) atoms. The first-order valence-electron chi connectivity index (χ1n) is 11.2. The third kappa shape index (κ3) is 4.72. The van der Waals surface area contributed by atoms with Crippen LogP contribution in [0.1, 0.15) is 27.4 Å². The van der Waals surface area contributed by atoms with Gasteiger partial charge in [-0.05, 0) is 68.4 Å². The lowest BCUT2D eigenvalue weighted by atomic mass is 10.2. The van der Waals surface area contributed by atoms with E-state index in [0.29, 0.717) is 22.7 Å². The number of anilines is 1. The normalized spacial score (nSPS) is 10.9. The standard InChI is InChI=1S/C27H25N5O3/c1-18-14-19(2)32(30-18)23-10-7-20(8-11-23)27(33)29-21-9-12-24(34-3)25(15-21)35-17-22-16-31-13-5-4-6-26(31)28-22/h4-16H,17H2,1-3H3,(H,29,33). The van der Waals surface area contributed by atoms with Crippen LogP contribution in [-0.2, 0) is 6.61 Å². The van der Waals surface area contributed by atoms with E-state index >= 15 is 0 Å². The third-order valence-electron chi connectivity index (χ3n) is 5.59. The molecule has 0 fully saturated rings. The second-order valence-electron chi connectivity index (χ2n) is 8.19. The molecule has 0 saturated heterocycles. The number of fused-ring (bicyclic) bond motifs is 1. The van der Waals surface area contributed by atoms with Gasteiger partial charge >= 0.3 is 0 Å². The van der Waals surface area contributed by atoms with Gasteiger partial charge in [0.2, 0.25) is 0 Å². The molecule has 5 aromatic rings. The molecule has 1 N–H and O–H groups in total. The topological polar surface area (TPSA) is 82.7 Å². The molecule has 0 unspecified atom stereocenters. The van der Waals surface area contributed by atoms with Gasteiger partial charge in [-0.25, -0.2) is 9.67 Å². The number of nitrogens with zero attached hydrogens (tertiary/aromatic N) is 4. The highest BCUT2D eigenvalue weighted by molar-refractivity contribution is 6.04. The number of benzene rings is 2. The van der Waals surface area contributed by atoms with E-state index in [1.807, 2.05) is 71.7 Å². The van der Waals surface area contributed by atoms with Crippen LogP contribution in [0.3, 0.4) is 0 Å². The molecule has 8 heteroatoms. The molecule has 8 nitrogen and oxygen atoms in total. The quantitative estimate of drug-likeness (QED) is 0.365. The zero-order valence-corrected chi connectivity index (χ0v) is 19.7. The Kier molecular flexibility index (Phi) is 5.93. The first-order valence-corrected chi connectivity index (χ1v) is 11.2. The van der Waals surface area contributed by atoms with Gasteiger partial charge in [0, 0.05) is 35.4 Å². The summed E-state index contributed by atoms with van der Waals surface area (Å²) in [7, 11) is 1.58. The third-order valence-corrected chi connectivity index (χ3v) is 5.59. The maximum atomic E-state index is 12.9. The Morgan fingerprint density at radius 3 is 2.54 bits per heavy atom. The predicted molar refractivity (Wildman–Crippen MR) is 134 cm³/mol. The fraction of sp³-hybridized carbons (Fsp3) is 0.148. The van der Waals surface area contributed by atoms with Gasteiger partial charge in [0.05, 0.1) is 24.2 Å². The van der Waals surface area contributed by atoms with E-state index in [9.17, 15) is 4.79 Å². The summed E-state index contributed by atoms with van der Waals surface area (Å²) in [5, 5.41) is 7.41. The fourth-order valence-electron chi connectivity index (χ4n) is 3.92. The number of carbonyl (C=O) groups excluding carboxylic acids is 1. The molecule has 0 aliphatic rings. The Morgan fingerprint density at radius 1 is 1.00 bits per heavy atom. The van der Waals surface area contributed by atoms with Crippen molar-refractivity contribution in [1.29, 1.82) is 0 Å². The van der Waals surface area contributed by atoms with Crippen LogP contribution in [0, 0.1) is 13.8 Å². The average Bonchev–Trinajstić information content (AvgIpc) is 3.44. The number of aromatic nitrogens is 4. The second-order valence-corrected chi connectivity index (χ2v) is 8.19. The van der Waals surface area contributed by atoms with Crippen LogP contribution in [0.5, 0.6) is 11.5 Å². The molecule has 2 aromatic carbocycles. The Hall–Kier alpha value is -4.59. The number of aryl methyl sites for hydroxylation is 2. The molecule has 5 rings (SSSR count). The summed E-state index contributed by atoms with van der Waals surface area (Å²) in [6.45, 7) is 4.22. The minimum atomic E-state index is -0.221. The van der Waals surface area contributed by atoms with Crippen molar-refractivity contribution in [3.8, 4) is 17.2 Å². The molecule has 176 valence electrons. The van der Waals surface area contributed by atoms with E-state index in [2.05, 4.69) is 15.4 Å². The summed E-state index contributed by atoms with van der Waals surface area (Å²) in [4.78, 5) is 17.4. The van der Waals surface area contributed by atoms with Crippen molar-refractivity contribution < 1.29 is 14.3 Å². The summed E-state index contributed by atoms with van der Waals surface area (Å²) in [5.74, 6) is 0.865. The minimum Gasteiger partial charge on any atom is -0.493 e. The van der Waals surface area contributed by atoms with Crippen LogP contribution in [0.15, 0.2) is 79.1 Å². The van der Waals surface area contributed by atoms with Gasteiger partial charge in [0.25, 0.3) is 5.91 Å². The molecule has 0 saturated carbocycles. The van der Waals surface area contributed by atoms with Gasteiger partial charge in [0.1, 0.15) is 12.3 Å². The minimum absolute atomic E-state index is 0.221. The van der Waals surface area contributed by atoms with Crippen LogP contribution in [0.4, 0.5) is 5.69 Å². The number of amides is 1. The molecule has 0 bridgehead atoms. The molecular formula is C27H25N5O3. The summed E-state index contributed by atoms with van der Waals surface area (Å²) in [6, 6.07) is 20.4. The summed E-state index contributed by atoms with van der Waals surface area (Å²) >= 11 is 0. The molecule has 0 radical (unpaired) electrons. The number of carbonyl (C=O) groups is 1. The number of nitrogens with one attached hydrogen (secondary N) is 1. The monoisotopic (exact) mass is 467 g/mol. The lowest BCUT2D eigenvalue weighted by Crippen LogP contribution is -2.12. The molecule has 3 aromatic heterocycles. The van der Waals surface area contributed by atoms with Crippen molar-refractivity contribution in [3.63, 3.8) is 0 Å². The van der Waals surface area contributed by atoms with E-state index in [1.165, 1.54) is 0 Å². The number of ether oxygens (including phenoxy) is 2. The van der Waals surface area contributed by atoms with Gasteiger partial charge in [0.15, 0.2) is 11.5 Å². The summed E-state index contributed by atoms with van der Waals surface area (Å²) < 4.78 is 15.2. The van der Waals surface area contributed by atoms with Gasteiger partial charge in [-0.2, -0.15) is 5.10 Å². The van der Waals surface area contributed by atoms with E-state index in [-0.39, 0.29) is 12.5 Å². The highest BCUT2D eigenvalue weighted by Gasteiger charge is 2.12. The molecule has 0 atom stereocenters. The number of pyridine rings is 1. The molecule has 1 amide bonds. The van der Waals surface area contributed by atoms with Crippen molar-refractivity contribution in [1.82, 2.24) is 19.2 Å². The highest BCUT2D eigenvalue weighted by atomic mass is 16.5. The van der Waals surface area contributed by atoms with Gasteiger partial charge < -0.3 is 19.2 Å². The first-order chi connectivity index (χ1) is 17.0. The van der Waals surface area contributed by atoms with Crippen LogP contribution in [-0.4, -0.2) is 32.2 Å². The summed E-state index contributed by atoms with van der Waals surface area (Å²) in [6.07, 6.45) is 3.86. The molecular weight excluding hydrogens is 442 g/mol. The molecule has 3 heterocycles. The lowest BCUT2D eigenvalue weighted by Gasteiger charge is -2.13. The van der Waals surface area contributed by atoms with Gasteiger partial charge in [-0.15, -0.1) is 0 Å². The van der Waals surface area contributed by atoms with Crippen LogP contribution in [0.2, 0.25) is 0 Å². The Balaban J connectivity index is 1.29. The SMILES string of the molecule is COc1ccc(NC(=O)c2ccc(-n3nc(C)cc3C)cc2)cc1OCc1cn2ccccc2n1. The van der Waals surface area contributed by atoms with E-state index < -0.39 is 0 Å². The zero-order valence-electron chi connectivity index (χ0n) is 19.7. The van der Waals surface area contributed by atoms with Crippen molar-refractivity contribution >= 4 is 17.2 Å². The number of hydrogen-bond donors (Lipinski definition) is 1. The Bertz CT molecular complexity index is 1470. The van der Waals surface area contributed by atoms with E-state index in [4.69, 9.17) is 9.47 Å². The number of rotatable bonds is 7. The van der Waals surface area contributed by atoms with Gasteiger partial charge in [-0.3, -0.25) is 4.79 Å². The first kappa shape index (κ1) is 22.2. The van der Waals surface area contributed by atoms with Crippen LogP contribution in [0.25, 0.3) is 11.3 Å². The Morgan fingerprint density at radius 2 is 1.83 bits per heavy atom. The average molecular weight is 468 g/mol. The van der Waals surface area contributed by atoms with Crippen molar-refractivity contribution in [2.45, 2.75) is 20.5 Å².